The Bertz CT molecular complexity index is 962. The third-order valence-electron chi connectivity index (χ3n) is 6.98. The average Bonchev–Trinajstić information content (AvgIpc) is 3.57. The summed E-state index contributed by atoms with van der Waals surface area (Å²) in [6, 6.07) is 11.1. The second kappa shape index (κ2) is 12.2. The van der Waals surface area contributed by atoms with E-state index in [-0.39, 0.29) is 17.9 Å². The van der Waals surface area contributed by atoms with Crippen LogP contribution in [-0.4, -0.2) is 36.4 Å². The molecule has 1 fully saturated rings. The van der Waals surface area contributed by atoms with E-state index in [1.54, 1.807) is 18.4 Å². The maximum Gasteiger partial charge on any atom is 0.247 e. The van der Waals surface area contributed by atoms with Crippen LogP contribution in [-0.2, 0) is 16.0 Å². The summed E-state index contributed by atoms with van der Waals surface area (Å²) in [6.07, 6.45) is 12.4. The molecule has 1 aromatic carbocycles. The van der Waals surface area contributed by atoms with Crippen LogP contribution in [0.1, 0.15) is 74.3 Å². The molecule has 182 valence electrons. The number of nitrogens with zero attached hydrogens (tertiary/aromatic N) is 1. The number of amides is 2. The van der Waals surface area contributed by atoms with E-state index in [9.17, 15) is 9.59 Å². The van der Waals surface area contributed by atoms with Gasteiger partial charge in [0.15, 0.2) is 0 Å². The lowest BCUT2D eigenvalue weighted by Crippen LogP contribution is -2.47. The van der Waals surface area contributed by atoms with Crippen LogP contribution in [0.2, 0.25) is 0 Å². The zero-order chi connectivity index (χ0) is 23.8. The van der Waals surface area contributed by atoms with Crippen molar-refractivity contribution in [2.45, 2.75) is 76.3 Å². The smallest absolute Gasteiger partial charge is 0.247 e. The van der Waals surface area contributed by atoms with E-state index in [0.717, 1.165) is 61.1 Å². The van der Waals surface area contributed by atoms with Crippen LogP contribution in [0.15, 0.2) is 53.4 Å². The number of ether oxygens (including phenoxy) is 1. The van der Waals surface area contributed by atoms with E-state index < -0.39 is 6.04 Å². The van der Waals surface area contributed by atoms with Crippen molar-refractivity contribution >= 4 is 23.2 Å². The standard InChI is InChI=1S/C28H36N2O3S/c1-33-24-15-13-22(14-16-24)27(28(32)29-23-10-5-6-11-23)30(18-17-21-8-3-2-4-9-21)26(31)20-25-12-7-19-34-25/h7-8,12-16,19,23,27H,2-6,9-11,17-18,20H2,1H3,(H,29,32)/t27-/m1/s1. The van der Waals surface area contributed by atoms with Gasteiger partial charge in [0.2, 0.25) is 11.8 Å². The van der Waals surface area contributed by atoms with Gasteiger partial charge in [0.25, 0.3) is 0 Å². The number of carbonyl (C=O) groups excluding carboxylic acids is 2. The quantitative estimate of drug-likeness (QED) is 0.436. The van der Waals surface area contributed by atoms with Gasteiger partial charge in [0, 0.05) is 17.5 Å². The summed E-state index contributed by atoms with van der Waals surface area (Å²) in [6.45, 7) is 0.546. The molecule has 0 bridgehead atoms. The highest BCUT2D eigenvalue weighted by molar-refractivity contribution is 7.10. The highest BCUT2D eigenvalue weighted by atomic mass is 32.1. The number of thiophene rings is 1. The monoisotopic (exact) mass is 480 g/mol. The van der Waals surface area contributed by atoms with E-state index >= 15 is 0 Å². The number of hydrogen-bond acceptors (Lipinski definition) is 4. The zero-order valence-corrected chi connectivity index (χ0v) is 20.9. The van der Waals surface area contributed by atoms with Gasteiger partial charge in [0.1, 0.15) is 11.8 Å². The predicted molar refractivity (Wildman–Crippen MR) is 137 cm³/mol. The topological polar surface area (TPSA) is 58.6 Å². The van der Waals surface area contributed by atoms with Gasteiger partial charge in [-0.15, -0.1) is 11.3 Å². The summed E-state index contributed by atoms with van der Waals surface area (Å²) in [4.78, 5) is 30.2. The van der Waals surface area contributed by atoms with Crippen LogP contribution in [0.5, 0.6) is 5.75 Å². The maximum absolute atomic E-state index is 13.7. The fraction of sp³-hybridized carbons (Fsp3) is 0.500. The van der Waals surface area contributed by atoms with Crippen molar-refractivity contribution in [1.29, 1.82) is 0 Å². The normalized spacial score (nSPS) is 17.1. The number of benzene rings is 1. The molecule has 1 N–H and O–H groups in total. The largest absolute Gasteiger partial charge is 0.497 e. The van der Waals surface area contributed by atoms with Crippen molar-refractivity contribution in [1.82, 2.24) is 10.2 Å². The summed E-state index contributed by atoms with van der Waals surface area (Å²) >= 11 is 1.59. The first-order valence-corrected chi connectivity index (χ1v) is 13.5. The van der Waals surface area contributed by atoms with Gasteiger partial charge in [-0.25, -0.2) is 0 Å². The second-order valence-electron chi connectivity index (χ2n) is 9.37. The minimum atomic E-state index is -0.650. The summed E-state index contributed by atoms with van der Waals surface area (Å²) in [5.41, 5.74) is 2.23. The Morgan fingerprint density at radius 3 is 2.56 bits per heavy atom. The van der Waals surface area contributed by atoms with Crippen LogP contribution >= 0.6 is 11.3 Å². The average molecular weight is 481 g/mol. The summed E-state index contributed by atoms with van der Waals surface area (Å²) < 4.78 is 5.33. The number of rotatable bonds is 10. The van der Waals surface area contributed by atoms with Gasteiger partial charge < -0.3 is 15.0 Å². The Labute approximate surface area is 207 Å². The van der Waals surface area contributed by atoms with Gasteiger partial charge in [-0.05, 0) is 74.1 Å². The Morgan fingerprint density at radius 2 is 1.91 bits per heavy atom. The fourth-order valence-corrected chi connectivity index (χ4v) is 5.76. The van der Waals surface area contributed by atoms with Crippen LogP contribution in [0.4, 0.5) is 0 Å². The summed E-state index contributed by atoms with van der Waals surface area (Å²) in [5.74, 6) is 0.665. The number of hydrogen-bond donors (Lipinski definition) is 1. The highest BCUT2D eigenvalue weighted by Crippen LogP contribution is 2.29. The Kier molecular flexibility index (Phi) is 8.80. The molecule has 0 aliphatic heterocycles. The molecule has 2 amide bonds. The molecule has 1 atom stereocenters. The van der Waals surface area contributed by atoms with Gasteiger partial charge in [-0.1, -0.05) is 42.7 Å². The molecule has 34 heavy (non-hydrogen) atoms. The number of nitrogens with one attached hydrogen (secondary N) is 1. The lowest BCUT2D eigenvalue weighted by atomic mass is 9.96. The van der Waals surface area contributed by atoms with E-state index in [2.05, 4.69) is 11.4 Å². The molecule has 1 aromatic heterocycles. The van der Waals surface area contributed by atoms with E-state index in [1.807, 2.05) is 46.7 Å². The first kappa shape index (κ1) is 24.5. The maximum atomic E-state index is 13.7. The molecule has 0 spiro atoms. The summed E-state index contributed by atoms with van der Waals surface area (Å²) in [7, 11) is 1.63. The van der Waals surface area contributed by atoms with E-state index in [1.165, 1.54) is 18.4 Å². The van der Waals surface area contributed by atoms with Crippen LogP contribution < -0.4 is 10.1 Å². The van der Waals surface area contributed by atoms with Crippen LogP contribution in [0, 0.1) is 0 Å². The number of carbonyl (C=O) groups is 2. The van der Waals surface area contributed by atoms with Crippen LogP contribution in [0.25, 0.3) is 0 Å². The van der Waals surface area contributed by atoms with Crippen LogP contribution in [0.3, 0.4) is 0 Å². The van der Waals surface area contributed by atoms with Crippen molar-refractivity contribution < 1.29 is 14.3 Å². The van der Waals surface area contributed by atoms with Gasteiger partial charge in [-0.3, -0.25) is 9.59 Å². The van der Waals surface area contributed by atoms with Gasteiger partial charge in [-0.2, -0.15) is 0 Å². The van der Waals surface area contributed by atoms with Crippen molar-refractivity contribution in [2.24, 2.45) is 0 Å². The molecule has 4 rings (SSSR count). The predicted octanol–water partition coefficient (Wildman–Crippen LogP) is 5.82. The molecular formula is C28H36N2O3S. The number of methoxy groups -OCH3 is 1. The zero-order valence-electron chi connectivity index (χ0n) is 20.1. The lowest BCUT2D eigenvalue weighted by molar-refractivity contribution is -0.140. The molecular weight excluding hydrogens is 444 g/mol. The molecule has 1 saturated carbocycles. The molecule has 0 saturated heterocycles. The van der Waals surface area contributed by atoms with E-state index in [0.29, 0.717) is 13.0 Å². The van der Waals surface area contributed by atoms with Crippen molar-refractivity contribution in [3.05, 3.63) is 63.9 Å². The molecule has 0 unspecified atom stereocenters. The molecule has 5 nitrogen and oxygen atoms in total. The molecule has 1 heterocycles. The SMILES string of the molecule is COc1ccc([C@H](C(=O)NC2CCCC2)N(CCC2=CCCCC2)C(=O)Cc2cccs2)cc1. The van der Waals surface area contributed by atoms with E-state index in [4.69, 9.17) is 4.74 Å². The molecule has 2 aliphatic rings. The number of allylic oxidation sites excluding steroid dienone is 1. The molecule has 2 aliphatic carbocycles. The third-order valence-corrected chi connectivity index (χ3v) is 7.85. The first-order chi connectivity index (χ1) is 16.6. The molecule has 0 radical (unpaired) electrons. The third kappa shape index (κ3) is 6.50. The second-order valence-corrected chi connectivity index (χ2v) is 10.4. The Morgan fingerprint density at radius 1 is 1.12 bits per heavy atom. The lowest BCUT2D eigenvalue weighted by Gasteiger charge is -2.33. The minimum absolute atomic E-state index is 0.00116. The van der Waals surface area contributed by atoms with Gasteiger partial charge in [0.05, 0.1) is 13.5 Å². The van der Waals surface area contributed by atoms with Crippen molar-refractivity contribution in [3.63, 3.8) is 0 Å². The van der Waals surface area contributed by atoms with Crippen molar-refractivity contribution in [2.75, 3.05) is 13.7 Å². The highest BCUT2D eigenvalue weighted by Gasteiger charge is 2.33. The Balaban J connectivity index is 1.62. The minimum Gasteiger partial charge on any atom is -0.497 e. The van der Waals surface area contributed by atoms with Gasteiger partial charge >= 0.3 is 0 Å². The first-order valence-electron chi connectivity index (χ1n) is 12.6. The summed E-state index contributed by atoms with van der Waals surface area (Å²) in [5, 5.41) is 5.26. The fourth-order valence-electron chi connectivity index (χ4n) is 5.07. The Hall–Kier alpha value is -2.60. The molecule has 2 aromatic rings. The van der Waals surface area contributed by atoms with Crippen molar-refractivity contribution in [3.8, 4) is 5.75 Å². The molecule has 6 heteroatoms.